The van der Waals surface area contributed by atoms with Gasteiger partial charge in [0.25, 0.3) is 0 Å². The summed E-state index contributed by atoms with van der Waals surface area (Å²) in [6, 6.07) is 18.2. The highest BCUT2D eigenvalue weighted by molar-refractivity contribution is 5.75. The lowest BCUT2D eigenvalue weighted by atomic mass is 10.0. The van der Waals surface area contributed by atoms with Gasteiger partial charge in [-0.1, -0.05) is 56.3 Å². The van der Waals surface area contributed by atoms with Crippen molar-refractivity contribution in [1.82, 2.24) is 19.8 Å². The molecule has 33 heavy (non-hydrogen) atoms. The van der Waals surface area contributed by atoms with Gasteiger partial charge in [0.1, 0.15) is 6.61 Å². The minimum absolute atomic E-state index is 0.0823. The number of carbonyl (C=O) groups excluding carboxylic acids is 1. The Kier molecular flexibility index (Phi) is 7.50. The number of para-hydroxylation sites is 2. The van der Waals surface area contributed by atoms with Crippen molar-refractivity contribution in [2.75, 3.05) is 19.7 Å². The quantitative estimate of drug-likeness (QED) is 0.536. The number of hydrogen-bond donors (Lipinski definition) is 2. The van der Waals surface area contributed by atoms with Gasteiger partial charge >= 0.3 is 11.8 Å². The number of imidazole rings is 1. The van der Waals surface area contributed by atoms with Crippen molar-refractivity contribution in [2.24, 2.45) is 5.92 Å². The third-order valence-corrected chi connectivity index (χ3v) is 6.31. The number of aromatic nitrogens is 2. The molecule has 1 aliphatic heterocycles. The molecule has 1 atom stereocenters. The van der Waals surface area contributed by atoms with E-state index >= 15 is 0 Å². The lowest BCUT2D eigenvalue weighted by Crippen LogP contribution is -2.42. The summed E-state index contributed by atoms with van der Waals surface area (Å²) in [6.07, 6.45) is 2.14. The van der Waals surface area contributed by atoms with Crippen LogP contribution in [-0.2, 0) is 11.3 Å². The highest BCUT2D eigenvalue weighted by atomic mass is 16.6. The molecule has 7 nitrogen and oxygen atoms in total. The monoisotopic (exact) mass is 450 g/mol. The molecule has 1 saturated heterocycles. The lowest BCUT2D eigenvalue weighted by Gasteiger charge is -2.32. The Morgan fingerprint density at radius 1 is 1.09 bits per heavy atom. The van der Waals surface area contributed by atoms with Crippen molar-refractivity contribution in [3.05, 3.63) is 70.6 Å². The van der Waals surface area contributed by atoms with Crippen LogP contribution < -0.4 is 11.0 Å². The first-order valence-corrected chi connectivity index (χ1v) is 11.9. The van der Waals surface area contributed by atoms with E-state index in [1.165, 1.54) is 5.56 Å². The Hall–Kier alpha value is -3.06. The van der Waals surface area contributed by atoms with Crippen molar-refractivity contribution in [3.8, 4) is 0 Å². The van der Waals surface area contributed by atoms with Crippen molar-refractivity contribution in [1.29, 1.82) is 0 Å². The molecule has 0 radical (unpaired) electrons. The normalized spacial score (nSPS) is 15.8. The van der Waals surface area contributed by atoms with E-state index in [4.69, 9.17) is 4.74 Å². The molecule has 1 fully saturated rings. The number of hydrogen-bond acceptors (Lipinski definition) is 4. The molecule has 0 aliphatic carbocycles. The average Bonchev–Trinajstić information content (AvgIpc) is 3.16. The van der Waals surface area contributed by atoms with Crippen LogP contribution in [0.25, 0.3) is 11.0 Å². The third kappa shape index (κ3) is 5.85. The Labute approximate surface area is 194 Å². The number of likely N-dealkylation sites (tertiary alicyclic amines) is 1. The van der Waals surface area contributed by atoms with Crippen LogP contribution in [0, 0.1) is 5.92 Å². The smallest absolute Gasteiger partial charge is 0.409 e. The summed E-state index contributed by atoms with van der Waals surface area (Å²) in [5.41, 5.74) is 2.90. The number of carbonyl (C=O) groups is 1. The molecular weight excluding hydrogens is 416 g/mol. The molecule has 2 N–H and O–H groups in total. The van der Waals surface area contributed by atoms with Gasteiger partial charge in [-0.25, -0.2) is 9.59 Å². The van der Waals surface area contributed by atoms with Crippen molar-refractivity contribution in [3.63, 3.8) is 0 Å². The van der Waals surface area contributed by atoms with Crippen LogP contribution in [0.1, 0.15) is 44.7 Å². The first-order chi connectivity index (χ1) is 16.0. The Balaban J connectivity index is 1.29. The average molecular weight is 451 g/mol. The zero-order valence-electron chi connectivity index (χ0n) is 19.5. The van der Waals surface area contributed by atoms with Crippen molar-refractivity contribution in [2.45, 2.75) is 51.7 Å². The molecule has 3 aromatic rings. The summed E-state index contributed by atoms with van der Waals surface area (Å²) >= 11 is 0. The van der Waals surface area contributed by atoms with Crippen LogP contribution in [0.4, 0.5) is 4.79 Å². The second-order valence-corrected chi connectivity index (χ2v) is 9.31. The molecule has 0 bridgehead atoms. The van der Waals surface area contributed by atoms with E-state index in [2.05, 4.69) is 36.3 Å². The number of fused-ring (bicyclic) bond motifs is 1. The lowest BCUT2D eigenvalue weighted by molar-refractivity contribution is 0.0781. The van der Waals surface area contributed by atoms with Crippen molar-refractivity contribution >= 4 is 17.1 Å². The first-order valence-electron chi connectivity index (χ1n) is 11.9. The van der Waals surface area contributed by atoms with Gasteiger partial charge in [-0.15, -0.1) is 0 Å². The molecule has 1 aromatic heterocycles. The van der Waals surface area contributed by atoms with E-state index in [0.29, 0.717) is 25.6 Å². The maximum absolute atomic E-state index is 12.7. The van der Waals surface area contributed by atoms with E-state index in [0.717, 1.165) is 36.8 Å². The van der Waals surface area contributed by atoms with E-state index in [1.54, 1.807) is 4.90 Å². The number of piperidine rings is 1. The molecule has 4 rings (SSSR count). The van der Waals surface area contributed by atoms with Gasteiger partial charge in [-0.05, 0) is 42.9 Å². The molecule has 2 aromatic carbocycles. The van der Waals surface area contributed by atoms with E-state index in [9.17, 15) is 9.59 Å². The Morgan fingerprint density at radius 3 is 2.52 bits per heavy atom. The fourth-order valence-electron chi connectivity index (χ4n) is 4.64. The number of amides is 1. The van der Waals surface area contributed by atoms with Gasteiger partial charge in [0.05, 0.1) is 11.0 Å². The summed E-state index contributed by atoms with van der Waals surface area (Å²) < 4.78 is 7.54. The highest BCUT2D eigenvalue weighted by Gasteiger charge is 2.27. The molecule has 2 heterocycles. The van der Waals surface area contributed by atoms with E-state index < -0.39 is 0 Å². The number of nitrogens with one attached hydrogen (secondary N) is 2. The second kappa shape index (κ2) is 10.7. The van der Waals surface area contributed by atoms with Gasteiger partial charge in [-0.3, -0.25) is 4.57 Å². The molecule has 7 heteroatoms. The number of rotatable bonds is 8. The maximum atomic E-state index is 12.7. The van der Waals surface area contributed by atoms with E-state index in [-0.39, 0.29) is 23.9 Å². The zero-order chi connectivity index (χ0) is 23.2. The first kappa shape index (κ1) is 23.1. The Morgan fingerprint density at radius 2 is 1.79 bits per heavy atom. The number of ether oxygens (including phenoxy) is 1. The second-order valence-electron chi connectivity index (χ2n) is 9.31. The summed E-state index contributed by atoms with van der Waals surface area (Å²) in [5.74, 6) is 0.502. The molecule has 0 unspecified atom stereocenters. The predicted octanol–water partition coefficient (Wildman–Crippen LogP) is 4.31. The number of benzene rings is 2. The molecule has 1 aliphatic rings. The predicted molar refractivity (Wildman–Crippen MR) is 130 cm³/mol. The molecule has 1 amide bonds. The maximum Gasteiger partial charge on any atom is 0.409 e. The van der Waals surface area contributed by atoms with Gasteiger partial charge < -0.3 is 19.9 Å². The van der Waals surface area contributed by atoms with Crippen molar-refractivity contribution < 1.29 is 9.53 Å². The highest BCUT2D eigenvalue weighted by Crippen LogP contribution is 2.25. The summed E-state index contributed by atoms with van der Waals surface area (Å²) in [4.78, 5) is 29.9. The van der Waals surface area contributed by atoms with Gasteiger partial charge in [0.2, 0.25) is 0 Å². The fraction of sp³-hybridized carbons (Fsp3) is 0.462. The van der Waals surface area contributed by atoms with Crippen LogP contribution in [0.5, 0.6) is 0 Å². The minimum atomic E-state index is -0.269. The van der Waals surface area contributed by atoms with Crippen LogP contribution in [0.2, 0.25) is 0 Å². The zero-order valence-corrected chi connectivity index (χ0v) is 19.5. The van der Waals surface area contributed by atoms with Crippen LogP contribution in [0.3, 0.4) is 0 Å². The van der Waals surface area contributed by atoms with Gasteiger partial charge in [0.15, 0.2) is 0 Å². The molecular formula is C26H34N4O3. The molecule has 0 spiro atoms. The van der Waals surface area contributed by atoms with Crippen LogP contribution >= 0.6 is 0 Å². The standard InChI is InChI=1S/C26H34N4O3/c1-19(2)16-21(27-17-20-8-4-3-5-9-20)18-33-26(32)29-14-12-22(13-15-29)30-24-11-7-6-10-23(24)28-25(30)31/h3-11,19,21-22,27H,12-18H2,1-2H3,(H,28,31)/t21-/m1/s1. The van der Waals surface area contributed by atoms with Crippen LogP contribution in [-0.4, -0.2) is 46.3 Å². The van der Waals surface area contributed by atoms with Gasteiger partial charge in [-0.2, -0.15) is 0 Å². The SMILES string of the molecule is CC(C)C[C@H](COC(=O)N1CCC(n2c(=O)[nH]c3ccccc32)CC1)NCc1ccccc1. The number of aromatic amines is 1. The summed E-state index contributed by atoms with van der Waals surface area (Å²) in [7, 11) is 0. The Bertz CT molecular complexity index is 1100. The summed E-state index contributed by atoms with van der Waals surface area (Å²) in [6.45, 7) is 6.63. The van der Waals surface area contributed by atoms with E-state index in [1.807, 2.05) is 47.0 Å². The third-order valence-electron chi connectivity index (χ3n) is 6.31. The fourth-order valence-corrected chi connectivity index (χ4v) is 4.64. The topological polar surface area (TPSA) is 79.4 Å². The minimum Gasteiger partial charge on any atom is -0.448 e. The summed E-state index contributed by atoms with van der Waals surface area (Å²) in [5, 5.41) is 3.54. The number of H-pyrrole nitrogens is 1. The van der Waals surface area contributed by atoms with Gasteiger partial charge in [0, 0.05) is 31.7 Å². The molecule has 0 saturated carbocycles. The van der Waals surface area contributed by atoms with Crippen LogP contribution in [0.15, 0.2) is 59.4 Å². The molecule has 176 valence electrons. The number of nitrogens with zero attached hydrogens (tertiary/aromatic N) is 2. The largest absolute Gasteiger partial charge is 0.448 e.